The van der Waals surface area contributed by atoms with E-state index >= 15 is 0 Å². The maximum Gasteiger partial charge on any atom is 0.340 e. The molecule has 164 valence electrons. The van der Waals surface area contributed by atoms with Gasteiger partial charge in [0, 0.05) is 23.4 Å². The molecule has 1 heterocycles. The molecule has 0 aliphatic carbocycles. The minimum atomic E-state index is -0.449. The summed E-state index contributed by atoms with van der Waals surface area (Å²) in [6.07, 6.45) is 3.06. The fourth-order valence-corrected chi connectivity index (χ4v) is 3.66. The van der Waals surface area contributed by atoms with E-state index in [1.807, 2.05) is 62.4 Å². The summed E-state index contributed by atoms with van der Waals surface area (Å²) in [5.74, 6) is -0.889. The number of benzene rings is 2. The Balaban J connectivity index is 2.13. The Hall–Kier alpha value is -3.58. The third kappa shape index (κ3) is 5.56. The van der Waals surface area contributed by atoms with Crippen molar-refractivity contribution in [3.05, 3.63) is 94.5 Å². The van der Waals surface area contributed by atoms with Crippen molar-refractivity contribution in [1.82, 2.24) is 4.68 Å². The molecular formula is C25H24N2O4S. The quantitative estimate of drug-likeness (QED) is 0.225. The molecule has 0 unspecified atom stereocenters. The first-order chi connectivity index (χ1) is 15.4. The molecule has 0 fully saturated rings. The standard InChI is InChI=1S/C25H24N2O4S/c1-17-5-9-19(10-6-17)23-21(25(29)31-4)13-15-27(23)26-24(32-16-14-22(28)30-3)20-11-7-18(2)8-12-20/h5-16H,1-4H3/b16-14-,26-24-. The second-order valence-electron chi connectivity index (χ2n) is 7.00. The van der Waals surface area contributed by atoms with Crippen LogP contribution in [0.2, 0.25) is 0 Å². The molecule has 0 saturated heterocycles. The summed E-state index contributed by atoms with van der Waals surface area (Å²) >= 11 is 1.28. The molecular weight excluding hydrogens is 424 g/mol. The number of hydrogen-bond donors (Lipinski definition) is 0. The second-order valence-corrected chi connectivity index (χ2v) is 7.89. The van der Waals surface area contributed by atoms with Gasteiger partial charge in [-0.1, -0.05) is 71.4 Å². The van der Waals surface area contributed by atoms with Gasteiger partial charge in [0.1, 0.15) is 5.04 Å². The van der Waals surface area contributed by atoms with Crippen LogP contribution in [0.25, 0.3) is 11.3 Å². The average molecular weight is 449 g/mol. The molecule has 0 bridgehead atoms. The zero-order chi connectivity index (χ0) is 23.1. The lowest BCUT2D eigenvalue weighted by molar-refractivity contribution is -0.134. The molecule has 7 heteroatoms. The lowest BCUT2D eigenvalue weighted by Gasteiger charge is -2.10. The number of ether oxygens (including phenoxy) is 2. The van der Waals surface area contributed by atoms with E-state index in [9.17, 15) is 9.59 Å². The number of aromatic nitrogens is 1. The maximum atomic E-state index is 12.4. The normalized spacial score (nSPS) is 11.6. The van der Waals surface area contributed by atoms with Crippen LogP contribution in [-0.2, 0) is 14.3 Å². The lowest BCUT2D eigenvalue weighted by Crippen LogP contribution is -2.05. The summed E-state index contributed by atoms with van der Waals surface area (Å²) in [7, 11) is 2.68. The van der Waals surface area contributed by atoms with E-state index in [-0.39, 0.29) is 0 Å². The molecule has 2 aromatic carbocycles. The van der Waals surface area contributed by atoms with Crippen molar-refractivity contribution in [2.75, 3.05) is 14.2 Å². The molecule has 0 radical (unpaired) electrons. The van der Waals surface area contributed by atoms with Crippen molar-refractivity contribution in [2.45, 2.75) is 13.8 Å². The average Bonchev–Trinajstić information content (AvgIpc) is 3.22. The SMILES string of the molecule is COC(=O)/C=C\S/C(=N\n1ccc(C(=O)OC)c1-c1ccc(C)cc1)c1ccc(C)cc1. The van der Waals surface area contributed by atoms with Gasteiger partial charge in [0.15, 0.2) is 0 Å². The monoisotopic (exact) mass is 448 g/mol. The number of methoxy groups -OCH3 is 2. The summed E-state index contributed by atoms with van der Waals surface area (Å²) in [5.41, 5.74) is 4.98. The van der Waals surface area contributed by atoms with Crippen LogP contribution in [0.5, 0.6) is 0 Å². The van der Waals surface area contributed by atoms with Crippen molar-refractivity contribution < 1.29 is 19.1 Å². The first-order valence-electron chi connectivity index (χ1n) is 9.86. The second kappa shape index (κ2) is 10.6. The minimum Gasteiger partial charge on any atom is -0.466 e. The Morgan fingerprint density at radius 3 is 2.12 bits per heavy atom. The van der Waals surface area contributed by atoms with Crippen molar-refractivity contribution in [1.29, 1.82) is 0 Å². The number of rotatable bonds is 6. The van der Waals surface area contributed by atoms with Crippen molar-refractivity contribution in [2.24, 2.45) is 5.10 Å². The number of esters is 2. The molecule has 0 atom stereocenters. The van der Waals surface area contributed by atoms with Crippen LogP contribution in [0, 0.1) is 13.8 Å². The molecule has 6 nitrogen and oxygen atoms in total. The molecule has 0 spiro atoms. The smallest absolute Gasteiger partial charge is 0.340 e. The number of aryl methyl sites for hydroxylation is 2. The molecule has 32 heavy (non-hydrogen) atoms. The van der Waals surface area contributed by atoms with E-state index in [1.165, 1.54) is 32.1 Å². The molecule has 0 saturated carbocycles. The molecule has 3 aromatic rings. The molecule has 1 aromatic heterocycles. The van der Waals surface area contributed by atoms with Crippen molar-refractivity contribution in [3.63, 3.8) is 0 Å². The molecule has 0 N–H and O–H groups in total. The summed E-state index contributed by atoms with van der Waals surface area (Å²) in [5, 5.41) is 7.07. The van der Waals surface area contributed by atoms with Crippen LogP contribution in [0.4, 0.5) is 0 Å². The van der Waals surface area contributed by atoms with Gasteiger partial charge in [-0.2, -0.15) is 5.10 Å². The molecule has 0 aliphatic rings. The van der Waals surface area contributed by atoms with E-state index in [4.69, 9.17) is 9.84 Å². The van der Waals surface area contributed by atoms with Crippen molar-refractivity contribution >= 4 is 28.7 Å². The van der Waals surface area contributed by atoms with Crippen molar-refractivity contribution in [3.8, 4) is 11.3 Å². The first-order valence-corrected chi connectivity index (χ1v) is 10.7. The van der Waals surface area contributed by atoms with Gasteiger partial charge < -0.3 is 9.47 Å². The van der Waals surface area contributed by atoms with Crippen LogP contribution >= 0.6 is 11.8 Å². The zero-order valence-corrected chi connectivity index (χ0v) is 19.2. The topological polar surface area (TPSA) is 69.9 Å². The largest absolute Gasteiger partial charge is 0.466 e. The molecule has 0 amide bonds. The van der Waals surface area contributed by atoms with E-state index < -0.39 is 11.9 Å². The molecule has 3 rings (SSSR count). The number of hydrogen-bond acceptors (Lipinski definition) is 6. The Bertz CT molecular complexity index is 1160. The highest BCUT2D eigenvalue weighted by Crippen LogP contribution is 2.28. The summed E-state index contributed by atoms with van der Waals surface area (Å²) in [6.45, 7) is 4.01. The Morgan fingerprint density at radius 1 is 0.906 bits per heavy atom. The number of nitrogens with zero attached hydrogens (tertiary/aromatic N) is 2. The van der Waals surface area contributed by atoms with Gasteiger partial charge in [0.25, 0.3) is 0 Å². The summed E-state index contributed by atoms with van der Waals surface area (Å²) < 4.78 is 11.3. The van der Waals surface area contributed by atoms with Gasteiger partial charge in [0.2, 0.25) is 0 Å². The van der Waals surface area contributed by atoms with Crippen LogP contribution < -0.4 is 0 Å². The van der Waals surface area contributed by atoms with Gasteiger partial charge in [0.05, 0.1) is 25.5 Å². The minimum absolute atomic E-state index is 0.415. The number of thioether (sulfide) groups is 1. The number of carbonyl (C=O) groups excluding carboxylic acids is 2. The van der Waals surface area contributed by atoms with Gasteiger partial charge in [-0.05, 0) is 25.3 Å². The predicted octanol–water partition coefficient (Wildman–Crippen LogP) is 5.19. The molecule has 0 aliphatic heterocycles. The Labute approximate surface area is 191 Å². The Morgan fingerprint density at radius 2 is 1.53 bits per heavy atom. The highest BCUT2D eigenvalue weighted by Gasteiger charge is 2.19. The highest BCUT2D eigenvalue weighted by molar-refractivity contribution is 8.16. The van der Waals surface area contributed by atoms with E-state index in [2.05, 4.69) is 4.74 Å². The predicted molar refractivity (Wildman–Crippen MR) is 128 cm³/mol. The van der Waals surface area contributed by atoms with E-state index in [1.54, 1.807) is 22.3 Å². The van der Waals surface area contributed by atoms with E-state index in [0.29, 0.717) is 16.3 Å². The van der Waals surface area contributed by atoms with Crippen LogP contribution in [0.3, 0.4) is 0 Å². The third-order valence-corrected chi connectivity index (χ3v) is 5.49. The highest BCUT2D eigenvalue weighted by atomic mass is 32.2. The van der Waals surface area contributed by atoms with Crippen LogP contribution in [-0.4, -0.2) is 35.9 Å². The summed E-state index contributed by atoms with van der Waals surface area (Å²) in [4.78, 5) is 23.9. The Kier molecular flexibility index (Phi) is 7.68. The lowest BCUT2D eigenvalue weighted by atomic mass is 10.1. The van der Waals surface area contributed by atoms with E-state index in [0.717, 1.165) is 22.3 Å². The maximum absolute atomic E-state index is 12.4. The van der Waals surface area contributed by atoms with Gasteiger partial charge >= 0.3 is 11.9 Å². The van der Waals surface area contributed by atoms with Crippen LogP contribution in [0.15, 0.2) is 77.4 Å². The van der Waals surface area contributed by atoms with Gasteiger partial charge in [-0.3, -0.25) is 0 Å². The summed E-state index contributed by atoms with van der Waals surface area (Å²) in [6, 6.07) is 17.4. The van der Waals surface area contributed by atoms with Gasteiger partial charge in [-0.25, -0.2) is 14.3 Å². The van der Waals surface area contributed by atoms with Crippen LogP contribution in [0.1, 0.15) is 27.0 Å². The third-order valence-electron chi connectivity index (χ3n) is 4.68. The fourth-order valence-electron chi connectivity index (χ4n) is 2.94. The zero-order valence-electron chi connectivity index (χ0n) is 18.4. The first kappa shape index (κ1) is 23.1. The van der Waals surface area contributed by atoms with Gasteiger partial charge in [-0.15, -0.1) is 0 Å². The fraction of sp³-hybridized carbons (Fsp3) is 0.160. The number of carbonyl (C=O) groups is 2.